The van der Waals surface area contributed by atoms with Crippen molar-refractivity contribution in [2.45, 2.75) is 40.5 Å². The van der Waals surface area contributed by atoms with Crippen molar-refractivity contribution in [1.82, 2.24) is 34.9 Å². The second-order valence-corrected chi connectivity index (χ2v) is 13.0. The van der Waals surface area contributed by atoms with Crippen molar-refractivity contribution in [1.29, 1.82) is 0 Å². The summed E-state index contributed by atoms with van der Waals surface area (Å²) in [7, 11) is 1.53. The molecule has 0 unspecified atom stereocenters. The van der Waals surface area contributed by atoms with E-state index in [0.29, 0.717) is 29.4 Å². The van der Waals surface area contributed by atoms with E-state index < -0.39 is 18.6 Å². The molecule has 0 saturated heterocycles. The van der Waals surface area contributed by atoms with Crippen LogP contribution in [0.3, 0.4) is 0 Å². The van der Waals surface area contributed by atoms with Gasteiger partial charge in [-0.2, -0.15) is 19.8 Å². The van der Waals surface area contributed by atoms with Crippen LogP contribution in [0.1, 0.15) is 33.9 Å². The standard InChI is InChI=1S/C27H26N4O6.C17H17N3O/c1-19-25(29-31(28-19)21-8-4-3-5-9-21)18-36-24-10-6-7-20(15-24)16-30(17-26(32)33)27(34)37-23-13-11-22(35-2)12-14-23;1-13-7-6-10-16(11-13)21-12-17-14(2)18-20(19-17)15-8-4-3-5-9-15/h3-15H,16-18H2,1-2H3,(H,32,33);3-11H,12H2,1-2H3. The highest BCUT2D eigenvalue weighted by Gasteiger charge is 2.20. The Morgan fingerprint density at radius 3 is 1.64 bits per heavy atom. The molecule has 0 saturated carbocycles. The molecule has 0 aliphatic heterocycles. The Morgan fingerprint density at radius 1 is 0.603 bits per heavy atom. The van der Waals surface area contributed by atoms with Gasteiger partial charge >= 0.3 is 12.1 Å². The summed E-state index contributed by atoms with van der Waals surface area (Å²) in [6.07, 6.45) is -0.785. The summed E-state index contributed by atoms with van der Waals surface area (Å²) < 4.78 is 22.2. The number of methoxy groups -OCH3 is 1. The van der Waals surface area contributed by atoms with Crippen molar-refractivity contribution in [2.75, 3.05) is 13.7 Å². The number of amides is 1. The lowest BCUT2D eigenvalue weighted by Gasteiger charge is -2.20. The molecule has 0 aliphatic rings. The summed E-state index contributed by atoms with van der Waals surface area (Å²) in [5.74, 6) is 1.12. The van der Waals surface area contributed by atoms with Gasteiger partial charge in [-0.15, -0.1) is 10.2 Å². The van der Waals surface area contributed by atoms with Gasteiger partial charge < -0.3 is 24.1 Å². The average molecular weight is 782 g/mol. The molecule has 14 heteroatoms. The van der Waals surface area contributed by atoms with Crippen LogP contribution in [0, 0.1) is 20.8 Å². The molecule has 58 heavy (non-hydrogen) atoms. The Labute approximate surface area is 335 Å². The van der Waals surface area contributed by atoms with Gasteiger partial charge in [-0.05, 0) is 105 Å². The van der Waals surface area contributed by atoms with E-state index in [0.717, 1.165) is 39.1 Å². The number of carbonyl (C=O) groups is 2. The lowest BCUT2D eigenvalue weighted by atomic mass is 10.2. The lowest BCUT2D eigenvalue weighted by molar-refractivity contribution is -0.138. The van der Waals surface area contributed by atoms with E-state index in [1.54, 1.807) is 58.1 Å². The molecule has 1 amide bonds. The third-order valence-electron chi connectivity index (χ3n) is 8.59. The summed E-state index contributed by atoms with van der Waals surface area (Å²) in [5.41, 5.74) is 6.80. The molecular weight excluding hydrogens is 739 g/mol. The van der Waals surface area contributed by atoms with E-state index in [1.165, 1.54) is 12.7 Å². The van der Waals surface area contributed by atoms with E-state index in [2.05, 4.69) is 20.4 Å². The quantitative estimate of drug-likeness (QED) is 0.115. The number of benzene rings is 5. The lowest BCUT2D eigenvalue weighted by Crippen LogP contribution is -2.37. The highest BCUT2D eigenvalue weighted by atomic mass is 16.6. The molecule has 296 valence electrons. The molecule has 0 bridgehead atoms. The fourth-order valence-electron chi connectivity index (χ4n) is 5.56. The first kappa shape index (κ1) is 40.2. The van der Waals surface area contributed by atoms with Crippen LogP contribution in [0.25, 0.3) is 11.4 Å². The summed E-state index contributed by atoms with van der Waals surface area (Å²) in [6.45, 7) is 5.96. The molecule has 7 rings (SSSR count). The first-order valence-electron chi connectivity index (χ1n) is 18.3. The number of aromatic nitrogens is 6. The molecule has 5 aromatic carbocycles. The Balaban J connectivity index is 0.000000227. The number of aryl methyl sites for hydroxylation is 3. The highest BCUT2D eigenvalue weighted by molar-refractivity contribution is 5.78. The van der Waals surface area contributed by atoms with Crippen molar-refractivity contribution in [3.63, 3.8) is 0 Å². The Kier molecular flexibility index (Phi) is 13.4. The number of aliphatic carboxylic acids is 1. The number of nitrogens with zero attached hydrogens (tertiary/aromatic N) is 7. The molecule has 7 aromatic rings. The van der Waals surface area contributed by atoms with Crippen LogP contribution in [0.4, 0.5) is 4.79 Å². The third kappa shape index (κ3) is 11.3. The highest BCUT2D eigenvalue weighted by Crippen LogP contribution is 2.21. The number of carbonyl (C=O) groups excluding carboxylic acids is 1. The molecule has 0 radical (unpaired) electrons. The van der Waals surface area contributed by atoms with Crippen LogP contribution in [0.5, 0.6) is 23.0 Å². The van der Waals surface area contributed by atoms with Gasteiger partial charge in [-0.3, -0.25) is 9.69 Å². The maximum atomic E-state index is 12.7. The van der Waals surface area contributed by atoms with Gasteiger partial charge in [0.15, 0.2) is 0 Å². The number of ether oxygens (including phenoxy) is 4. The van der Waals surface area contributed by atoms with Crippen LogP contribution in [0.15, 0.2) is 133 Å². The van der Waals surface area contributed by atoms with Gasteiger partial charge in [0, 0.05) is 6.54 Å². The molecule has 0 fully saturated rings. The van der Waals surface area contributed by atoms with Crippen LogP contribution in [0.2, 0.25) is 0 Å². The van der Waals surface area contributed by atoms with Crippen molar-refractivity contribution < 1.29 is 33.6 Å². The molecular formula is C44H43N7O7. The van der Waals surface area contributed by atoms with Gasteiger partial charge in [-0.25, -0.2) is 4.79 Å². The van der Waals surface area contributed by atoms with Crippen molar-refractivity contribution in [3.05, 3.63) is 167 Å². The molecule has 1 N–H and O–H groups in total. The molecule has 0 spiro atoms. The number of hydrogen-bond acceptors (Lipinski definition) is 10. The van der Waals surface area contributed by atoms with Gasteiger partial charge in [0.2, 0.25) is 0 Å². The summed E-state index contributed by atoms with van der Waals surface area (Å²) in [6, 6.07) is 40.9. The summed E-state index contributed by atoms with van der Waals surface area (Å²) >= 11 is 0. The molecule has 2 aromatic heterocycles. The van der Waals surface area contributed by atoms with E-state index in [9.17, 15) is 14.7 Å². The number of carboxylic acids is 1. The zero-order valence-corrected chi connectivity index (χ0v) is 32.6. The van der Waals surface area contributed by atoms with Crippen LogP contribution in [-0.2, 0) is 24.6 Å². The first-order valence-corrected chi connectivity index (χ1v) is 18.3. The minimum atomic E-state index is -1.16. The number of para-hydroxylation sites is 2. The second-order valence-electron chi connectivity index (χ2n) is 13.0. The predicted octanol–water partition coefficient (Wildman–Crippen LogP) is 7.71. The minimum absolute atomic E-state index is 0.0156. The SMILES string of the molecule is COc1ccc(OC(=O)N(CC(=O)O)Cc2cccc(OCc3nn(-c4ccccc4)nc3C)c2)cc1.Cc1cccc(OCc2nn(-c3ccccc3)nc2C)c1. The molecule has 0 atom stereocenters. The van der Waals surface area contributed by atoms with Crippen molar-refractivity contribution in [2.24, 2.45) is 0 Å². The third-order valence-corrected chi connectivity index (χ3v) is 8.59. The minimum Gasteiger partial charge on any atom is -0.497 e. The monoisotopic (exact) mass is 781 g/mol. The second kappa shape index (κ2) is 19.4. The zero-order chi connectivity index (χ0) is 40.9. The Bertz CT molecular complexity index is 2420. The van der Waals surface area contributed by atoms with Crippen LogP contribution in [-0.4, -0.2) is 65.7 Å². The first-order chi connectivity index (χ1) is 28.1. The zero-order valence-electron chi connectivity index (χ0n) is 32.6. The topological polar surface area (TPSA) is 156 Å². The van der Waals surface area contributed by atoms with Crippen molar-refractivity contribution >= 4 is 12.1 Å². The number of rotatable bonds is 14. The van der Waals surface area contributed by atoms with Crippen molar-refractivity contribution in [3.8, 4) is 34.4 Å². The van der Waals surface area contributed by atoms with Crippen LogP contribution < -0.4 is 18.9 Å². The van der Waals surface area contributed by atoms with Crippen LogP contribution >= 0.6 is 0 Å². The Morgan fingerprint density at radius 2 is 1.12 bits per heavy atom. The Hall–Kier alpha value is -7.48. The van der Waals surface area contributed by atoms with E-state index in [-0.39, 0.29) is 18.9 Å². The predicted molar refractivity (Wildman–Crippen MR) is 216 cm³/mol. The van der Waals surface area contributed by atoms with Gasteiger partial charge in [-0.1, -0.05) is 60.7 Å². The molecule has 0 aliphatic carbocycles. The normalized spacial score (nSPS) is 10.6. The number of hydrogen-bond donors (Lipinski definition) is 1. The summed E-state index contributed by atoms with van der Waals surface area (Å²) in [4.78, 5) is 28.4. The fraction of sp³-hybridized carbons (Fsp3) is 0.182. The number of carboxylic acid groups (broad SMARTS) is 1. The van der Waals surface area contributed by atoms with E-state index in [1.807, 2.05) is 106 Å². The molecule has 2 heterocycles. The van der Waals surface area contributed by atoms with Gasteiger partial charge in [0.05, 0.1) is 29.9 Å². The summed E-state index contributed by atoms with van der Waals surface area (Å²) in [5, 5.41) is 27.2. The maximum absolute atomic E-state index is 12.7. The smallest absolute Gasteiger partial charge is 0.416 e. The average Bonchev–Trinajstić information content (AvgIpc) is 3.81. The van der Waals surface area contributed by atoms with Gasteiger partial charge in [0.25, 0.3) is 0 Å². The van der Waals surface area contributed by atoms with E-state index >= 15 is 0 Å². The van der Waals surface area contributed by atoms with Gasteiger partial charge in [0.1, 0.15) is 54.1 Å². The largest absolute Gasteiger partial charge is 0.497 e. The fourth-order valence-corrected chi connectivity index (χ4v) is 5.56. The maximum Gasteiger partial charge on any atom is 0.416 e. The molecule has 14 nitrogen and oxygen atoms in total. The van der Waals surface area contributed by atoms with E-state index in [4.69, 9.17) is 18.9 Å².